The van der Waals surface area contributed by atoms with Crippen molar-refractivity contribution in [3.8, 4) is 5.69 Å². The fourth-order valence-electron chi connectivity index (χ4n) is 1.35. The molecule has 0 aliphatic rings. The van der Waals surface area contributed by atoms with Crippen LogP contribution in [0.3, 0.4) is 0 Å². The molecule has 15 heavy (non-hydrogen) atoms. The number of rotatable bonds is 2. The second kappa shape index (κ2) is 3.68. The third kappa shape index (κ3) is 1.68. The lowest BCUT2D eigenvalue weighted by molar-refractivity contribution is 0.627. The molecule has 2 N–H and O–H groups in total. The van der Waals surface area contributed by atoms with Crippen molar-refractivity contribution in [1.82, 2.24) is 15.0 Å². The molecule has 0 atom stereocenters. The van der Waals surface area contributed by atoms with Crippen molar-refractivity contribution in [3.63, 3.8) is 0 Å². The molecule has 0 unspecified atom stereocenters. The van der Waals surface area contributed by atoms with Crippen molar-refractivity contribution in [2.45, 2.75) is 13.3 Å². The van der Waals surface area contributed by atoms with Gasteiger partial charge in [0.2, 0.25) is 0 Å². The summed E-state index contributed by atoms with van der Waals surface area (Å²) >= 11 is 0. The number of hydrogen-bond donors (Lipinski definition) is 1. The van der Waals surface area contributed by atoms with E-state index in [9.17, 15) is 4.39 Å². The Morgan fingerprint density at radius 2 is 2.00 bits per heavy atom. The molecule has 4 nitrogen and oxygen atoms in total. The van der Waals surface area contributed by atoms with Crippen molar-refractivity contribution in [3.05, 3.63) is 35.8 Å². The third-order valence-electron chi connectivity index (χ3n) is 2.18. The minimum atomic E-state index is -0.284. The van der Waals surface area contributed by atoms with E-state index in [4.69, 9.17) is 5.73 Å². The lowest BCUT2D eigenvalue weighted by Gasteiger charge is -2.02. The van der Waals surface area contributed by atoms with Gasteiger partial charge < -0.3 is 5.73 Å². The van der Waals surface area contributed by atoms with Gasteiger partial charge in [0.1, 0.15) is 11.5 Å². The van der Waals surface area contributed by atoms with E-state index in [-0.39, 0.29) is 5.82 Å². The average Bonchev–Trinajstić information content (AvgIpc) is 2.61. The number of nitrogens with zero attached hydrogens (tertiary/aromatic N) is 3. The van der Waals surface area contributed by atoms with Crippen LogP contribution in [0.5, 0.6) is 0 Å². The zero-order valence-corrected chi connectivity index (χ0v) is 8.31. The highest BCUT2D eigenvalue weighted by Crippen LogP contribution is 2.15. The van der Waals surface area contributed by atoms with Crippen LogP contribution < -0.4 is 5.73 Å². The number of hydrogen-bond acceptors (Lipinski definition) is 3. The molecular weight excluding hydrogens is 195 g/mol. The highest BCUT2D eigenvalue weighted by molar-refractivity contribution is 5.43. The van der Waals surface area contributed by atoms with E-state index in [1.54, 1.807) is 12.1 Å². The Bertz CT molecular complexity index is 461. The Morgan fingerprint density at radius 1 is 1.33 bits per heavy atom. The molecule has 0 aliphatic heterocycles. The van der Waals surface area contributed by atoms with E-state index >= 15 is 0 Å². The van der Waals surface area contributed by atoms with Crippen molar-refractivity contribution >= 4 is 5.82 Å². The van der Waals surface area contributed by atoms with E-state index in [1.807, 2.05) is 6.92 Å². The quantitative estimate of drug-likeness (QED) is 0.811. The van der Waals surface area contributed by atoms with E-state index in [1.165, 1.54) is 16.8 Å². The fourth-order valence-corrected chi connectivity index (χ4v) is 1.35. The molecule has 2 aromatic rings. The summed E-state index contributed by atoms with van der Waals surface area (Å²) in [6.45, 7) is 1.95. The Kier molecular flexibility index (Phi) is 2.37. The number of halogens is 1. The number of nitrogen functional groups attached to an aromatic ring is 1. The van der Waals surface area contributed by atoms with Gasteiger partial charge in [-0.1, -0.05) is 12.1 Å². The summed E-state index contributed by atoms with van der Waals surface area (Å²) in [4.78, 5) is 0. The maximum absolute atomic E-state index is 12.7. The van der Waals surface area contributed by atoms with Crippen LogP contribution in [0.4, 0.5) is 10.2 Å². The molecule has 1 aromatic carbocycles. The van der Waals surface area contributed by atoms with Gasteiger partial charge >= 0.3 is 0 Å². The maximum atomic E-state index is 12.7. The molecule has 0 spiro atoms. The predicted octanol–water partition coefficient (Wildman–Crippen LogP) is 1.55. The van der Waals surface area contributed by atoms with Crippen molar-refractivity contribution in [2.75, 3.05) is 5.73 Å². The molecule has 5 heteroatoms. The minimum absolute atomic E-state index is 0.284. The Balaban J connectivity index is 2.45. The minimum Gasteiger partial charge on any atom is -0.382 e. The zero-order valence-electron chi connectivity index (χ0n) is 8.31. The molecule has 0 saturated heterocycles. The average molecular weight is 206 g/mol. The largest absolute Gasteiger partial charge is 0.382 e. The summed E-state index contributed by atoms with van der Waals surface area (Å²) in [6, 6.07) is 5.95. The number of aryl methyl sites for hydroxylation is 1. The molecule has 0 fully saturated rings. The van der Waals surface area contributed by atoms with Gasteiger partial charge in [-0.15, -0.1) is 5.10 Å². The molecule has 78 valence electrons. The van der Waals surface area contributed by atoms with E-state index < -0.39 is 0 Å². The van der Waals surface area contributed by atoms with Crippen LogP contribution in [0.1, 0.15) is 12.6 Å². The van der Waals surface area contributed by atoms with Gasteiger partial charge in [-0.3, -0.25) is 0 Å². The second-order valence-corrected chi connectivity index (χ2v) is 3.16. The highest BCUT2D eigenvalue weighted by atomic mass is 19.1. The predicted molar refractivity (Wildman–Crippen MR) is 55.1 cm³/mol. The van der Waals surface area contributed by atoms with E-state index in [0.29, 0.717) is 11.5 Å². The Labute approximate surface area is 86.5 Å². The Morgan fingerprint density at radius 3 is 2.53 bits per heavy atom. The van der Waals surface area contributed by atoms with Crippen molar-refractivity contribution < 1.29 is 4.39 Å². The monoisotopic (exact) mass is 206 g/mol. The van der Waals surface area contributed by atoms with Gasteiger partial charge in [-0.25, -0.2) is 4.39 Å². The molecule has 0 radical (unpaired) electrons. The summed E-state index contributed by atoms with van der Waals surface area (Å²) in [5.74, 6) is 0.220. The Hall–Kier alpha value is -1.91. The third-order valence-corrected chi connectivity index (χ3v) is 2.18. The highest BCUT2D eigenvalue weighted by Gasteiger charge is 2.08. The lowest BCUT2D eigenvalue weighted by Crippen LogP contribution is -2.02. The summed E-state index contributed by atoms with van der Waals surface area (Å²) in [5, 5.41) is 7.83. The van der Waals surface area contributed by atoms with Crippen LogP contribution in [-0.2, 0) is 6.42 Å². The van der Waals surface area contributed by atoms with Crippen LogP contribution in [0.2, 0.25) is 0 Å². The fraction of sp³-hybridized carbons (Fsp3) is 0.200. The summed E-state index contributed by atoms with van der Waals surface area (Å²) in [5.41, 5.74) is 7.29. The topological polar surface area (TPSA) is 56.7 Å². The molecule has 0 aliphatic carbocycles. The summed E-state index contributed by atoms with van der Waals surface area (Å²) < 4.78 is 14.2. The van der Waals surface area contributed by atoms with Crippen LogP contribution in [-0.4, -0.2) is 15.0 Å². The molecule has 2 rings (SSSR count). The van der Waals surface area contributed by atoms with Crippen molar-refractivity contribution in [1.29, 1.82) is 0 Å². The first-order chi connectivity index (χ1) is 7.22. The lowest BCUT2D eigenvalue weighted by atomic mass is 10.3. The normalized spacial score (nSPS) is 10.5. The van der Waals surface area contributed by atoms with Gasteiger partial charge in [0.05, 0.1) is 5.69 Å². The van der Waals surface area contributed by atoms with Gasteiger partial charge in [0.15, 0.2) is 5.82 Å². The molecule has 1 heterocycles. The molecular formula is C10H11FN4. The van der Waals surface area contributed by atoms with E-state index in [2.05, 4.69) is 10.3 Å². The SMILES string of the molecule is CCc1nnn(-c2ccc(F)cc2)c1N. The van der Waals surface area contributed by atoms with Crippen LogP contribution in [0.15, 0.2) is 24.3 Å². The molecule has 0 amide bonds. The van der Waals surface area contributed by atoms with Crippen LogP contribution in [0.25, 0.3) is 5.69 Å². The van der Waals surface area contributed by atoms with Crippen molar-refractivity contribution in [2.24, 2.45) is 0 Å². The second-order valence-electron chi connectivity index (χ2n) is 3.16. The first-order valence-corrected chi connectivity index (χ1v) is 4.68. The summed E-state index contributed by atoms with van der Waals surface area (Å²) in [7, 11) is 0. The molecule has 0 saturated carbocycles. The molecule has 1 aromatic heterocycles. The van der Waals surface area contributed by atoms with Crippen LogP contribution in [0, 0.1) is 5.82 Å². The number of benzene rings is 1. The van der Waals surface area contributed by atoms with Gasteiger partial charge in [-0.2, -0.15) is 4.68 Å². The first-order valence-electron chi connectivity index (χ1n) is 4.68. The standard InChI is InChI=1S/C10H11FN4/c1-2-9-10(12)15(14-13-9)8-5-3-7(11)4-6-8/h3-6H,2,12H2,1H3. The van der Waals surface area contributed by atoms with Gasteiger partial charge in [-0.05, 0) is 30.7 Å². The number of aromatic nitrogens is 3. The van der Waals surface area contributed by atoms with Gasteiger partial charge in [0.25, 0.3) is 0 Å². The number of anilines is 1. The smallest absolute Gasteiger partial charge is 0.151 e. The maximum Gasteiger partial charge on any atom is 0.151 e. The van der Waals surface area contributed by atoms with E-state index in [0.717, 1.165) is 12.1 Å². The summed E-state index contributed by atoms with van der Waals surface area (Å²) in [6.07, 6.45) is 0.729. The van der Waals surface area contributed by atoms with Gasteiger partial charge in [0, 0.05) is 0 Å². The zero-order chi connectivity index (χ0) is 10.8. The molecule has 0 bridgehead atoms. The van der Waals surface area contributed by atoms with Crippen LogP contribution >= 0.6 is 0 Å². The first kappa shape index (κ1) is 9.64. The number of nitrogens with two attached hydrogens (primary N) is 1.